The molecule has 3 unspecified atom stereocenters. The molecule has 0 N–H and O–H groups in total. The Morgan fingerprint density at radius 2 is 1.38 bits per heavy atom. The minimum atomic E-state index is -0.416. The molecule has 1 aliphatic rings. The molecule has 0 fully saturated rings. The summed E-state index contributed by atoms with van der Waals surface area (Å²) < 4.78 is 4.90. The molecular formula is C24H25NO4. The molecule has 0 radical (unpaired) electrons. The Morgan fingerprint density at radius 3 is 1.90 bits per heavy atom. The first-order valence-electron chi connectivity index (χ1n) is 9.74. The number of nitrogens with zero attached hydrogens (tertiary/aromatic N) is 1. The summed E-state index contributed by atoms with van der Waals surface area (Å²) in [5.41, 5.74) is 1.96. The van der Waals surface area contributed by atoms with E-state index in [1.54, 1.807) is 0 Å². The maximum absolute atomic E-state index is 12.4. The predicted octanol–water partition coefficient (Wildman–Crippen LogP) is 4.03. The van der Waals surface area contributed by atoms with E-state index in [4.69, 9.17) is 4.74 Å². The van der Waals surface area contributed by atoms with Gasteiger partial charge < -0.3 is 4.74 Å². The molecule has 150 valence electrons. The quantitative estimate of drug-likeness (QED) is 0.504. The zero-order chi connectivity index (χ0) is 20.8. The second-order valence-corrected chi connectivity index (χ2v) is 7.31. The fourth-order valence-corrected chi connectivity index (χ4v) is 3.87. The molecule has 3 atom stereocenters. The fourth-order valence-electron chi connectivity index (χ4n) is 3.87. The second kappa shape index (κ2) is 9.32. The second-order valence-electron chi connectivity index (χ2n) is 7.31. The molecule has 5 heteroatoms. The highest BCUT2D eigenvalue weighted by molar-refractivity contribution is 6.13. The lowest BCUT2D eigenvalue weighted by molar-refractivity contribution is -0.145. The van der Waals surface area contributed by atoms with E-state index in [-0.39, 0.29) is 29.6 Å². The summed E-state index contributed by atoms with van der Waals surface area (Å²) in [6.45, 7) is 1.84. The number of rotatable bonds is 8. The number of methoxy groups -OCH3 is 1. The summed E-state index contributed by atoms with van der Waals surface area (Å²) >= 11 is 0. The van der Waals surface area contributed by atoms with E-state index in [0.717, 1.165) is 11.1 Å². The molecule has 2 aromatic carbocycles. The number of hydrogen-bond acceptors (Lipinski definition) is 4. The smallest absolute Gasteiger partial charge is 0.308 e. The van der Waals surface area contributed by atoms with Crippen molar-refractivity contribution in [3.8, 4) is 0 Å². The maximum atomic E-state index is 12.4. The predicted molar refractivity (Wildman–Crippen MR) is 110 cm³/mol. The minimum absolute atomic E-state index is 0.0308. The average Bonchev–Trinajstić information content (AvgIpc) is 3.09. The fraction of sp³-hybridized carbons (Fsp3) is 0.292. The van der Waals surface area contributed by atoms with Crippen molar-refractivity contribution in [2.24, 2.45) is 5.92 Å². The number of benzene rings is 2. The van der Waals surface area contributed by atoms with Crippen LogP contribution in [0.3, 0.4) is 0 Å². The summed E-state index contributed by atoms with van der Waals surface area (Å²) in [5.74, 6) is -1.22. The molecule has 29 heavy (non-hydrogen) atoms. The van der Waals surface area contributed by atoms with E-state index in [9.17, 15) is 14.4 Å². The largest absolute Gasteiger partial charge is 0.469 e. The molecule has 2 aromatic rings. The molecular weight excluding hydrogens is 366 g/mol. The van der Waals surface area contributed by atoms with Crippen LogP contribution in [0.15, 0.2) is 72.8 Å². The number of carbonyl (C=O) groups excluding carboxylic acids is 3. The Bertz CT molecular complexity index is 874. The molecule has 0 aliphatic carbocycles. The van der Waals surface area contributed by atoms with E-state index in [1.165, 1.54) is 24.2 Å². The number of amides is 2. The Labute approximate surface area is 171 Å². The van der Waals surface area contributed by atoms with Gasteiger partial charge >= 0.3 is 5.97 Å². The van der Waals surface area contributed by atoms with Gasteiger partial charge in [0.1, 0.15) is 0 Å². The first-order chi connectivity index (χ1) is 14.0. The van der Waals surface area contributed by atoms with Crippen LogP contribution in [0.25, 0.3) is 0 Å². The number of esters is 1. The molecule has 0 bridgehead atoms. The van der Waals surface area contributed by atoms with Gasteiger partial charge in [-0.15, -0.1) is 0 Å². The molecule has 5 nitrogen and oxygen atoms in total. The van der Waals surface area contributed by atoms with Crippen LogP contribution < -0.4 is 0 Å². The van der Waals surface area contributed by atoms with Crippen LogP contribution in [0.5, 0.6) is 0 Å². The van der Waals surface area contributed by atoms with Crippen molar-refractivity contribution in [3.63, 3.8) is 0 Å². The molecule has 0 aromatic heterocycles. The third-order valence-corrected chi connectivity index (χ3v) is 5.36. The van der Waals surface area contributed by atoms with Gasteiger partial charge in [0.05, 0.1) is 19.1 Å². The summed E-state index contributed by atoms with van der Waals surface area (Å²) in [6, 6.07) is 19.0. The van der Waals surface area contributed by atoms with E-state index in [1.807, 2.05) is 67.6 Å². The van der Waals surface area contributed by atoms with Crippen LogP contribution in [0.4, 0.5) is 0 Å². The van der Waals surface area contributed by atoms with Crippen molar-refractivity contribution in [3.05, 3.63) is 83.9 Å². The highest BCUT2D eigenvalue weighted by Crippen LogP contribution is 2.37. The first-order valence-corrected chi connectivity index (χ1v) is 9.74. The van der Waals surface area contributed by atoms with Crippen molar-refractivity contribution in [1.82, 2.24) is 4.90 Å². The van der Waals surface area contributed by atoms with E-state index in [0.29, 0.717) is 12.8 Å². The van der Waals surface area contributed by atoms with Gasteiger partial charge in [0, 0.05) is 12.2 Å². The van der Waals surface area contributed by atoms with Crippen LogP contribution in [0.2, 0.25) is 0 Å². The SMILES string of the molecule is COC(=O)C(C)CC(CC(c1ccccc1)N1C(=O)C=CC1=O)c1ccccc1. The van der Waals surface area contributed by atoms with Crippen LogP contribution in [0, 0.1) is 5.92 Å². The zero-order valence-electron chi connectivity index (χ0n) is 16.7. The van der Waals surface area contributed by atoms with Gasteiger partial charge in [0.2, 0.25) is 0 Å². The van der Waals surface area contributed by atoms with Crippen molar-refractivity contribution < 1.29 is 19.1 Å². The van der Waals surface area contributed by atoms with Crippen molar-refractivity contribution in [2.75, 3.05) is 7.11 Å². The van der Waals surface area contributed by atoms with E-state index < -0.39 is 6.04 Å². The lowest BCUT2D eigenvalue weighted by atomic mass is 9.83. The first kappa shape index (κ1) is 20.5. The normalized spacial score (nSPS) is 16.6. The van der Waals surface area contributed by atoms with Crippen LogP contribution in [-0.4, -0.2) is 29.8 Å². The zero-order valence-corrected chi connectivity index (χ0v) is 16.7. The van der Waals surface area contributed by atoms with Crippen molar-refractivity contribution in [2.45, 2.75) is 31.7 Å². The monoisotopic (exact) mass is 391 g/mol. The summed E-state index contributed by atoms with van der Waals surface area (Å²) in [4.78, 5) is 38.2. The molecule has 2 amide bonds. The Morgan fingerprint density at radius 1 is 0.862 bits per heavy atom. The Kier molecular flexibility index (Phi) is 6.60. The standard InChI is InChI=1S/C24H25NO4/c1-17(24(28)29-2)15-20(18-9-5-3-6-10-18)16-21(19-11-7-4-8-12-19)25-22(26)13-14-23(25)27/h3-14,17,20-21H,15-16H2,1-2H3. The van der Waals surface area contributed by atoms with Crippen molar-refractivity contribution >= 4 is 17.8 Å². The van der Waals surface area contributed by atoms with E-state index in [2.05, 4.69) is 0 Å². The van der Waals surface area contributed by atoms with Gasteiger partial charge in [-0.3, -0.25) is 19.3 Å². The van der Waals surface area contributed by atoms with E-state index >= 15 is 0 Å². The van der Waals surface area contributed by atoms with Gasteiger partial charge in [0.25, 0.3) is 11.8 Å². The third kappa shape index (κ3) is 4.80. The molecule has 1 heterocycles. The number of hydrogen-bond donors (Lipinski definition) is 0. The third-order valence-electron chi connectivity index (χ3n) is 5.36. The van der Waals surface area contributed by atoms with Gasteiger partial charge in [0.15, 0.2) is 0 Å². The van der Waals surface area contributed by atoms with Gasteiger partial charge in [-0.25, -0.2) is 0 Å². The number of ether oxygens (including phenoxy) is 1. The van der Waals surface area contributed by atoms with Crippen molar-refractivity contribution in [1.29, 1.82) is 0 Å². The maximum Gasteiger partial charge on any atom is 0.308 e. The van der Waals surface area contributed by atoms with Gasteiger partial charge in [-0.05, 0) is 29.9 Å². The minimum Gasteiger partial charge on any atom is -0.469 e. The Balaban J connectivity index is 1.95. The lowest BCUT2D eigenvalue weighted by Gasteiger charge is -2.31. The summed E-state index contributed by atoms with van der Waals surface area (Å²) in [7, 11) is 1.39. The van der Waals surface area contributed by atoms with Crippen LogP contribution in [-0.2, 0) is 19.1 Å². The molecule has 0 saturated heterocycles. The van der Waals surface area contributed by atoms with Gasteiger partial charge in [-0.2, -0.15) is 0 Å². The molecule has 0 saturated carbocycles. The highest BCUT2D eigenvalue weighted by atomic mass is 16.5. The highest BCUT2D eigenvalue weighted by Gasteiger charge is 2.35. The van der Waals surface area contributed by atoms with Crippen LogP contribution in [0.1, 0.15) is 42.9 Å². The van der Waals surface area contributed by atoms with Crippen LogP contribution >= 0.6 is 0 Å². The molecule has 3 rings (SSSR count). The lowest BCUT2D eigenvalue weighted by Crippen LogP contribution is -2.35. The molecule has 0 spiro atoms. The Hall–Kier alpha value is -3.21. The summed E-state index contributed by atoms with van der Waals surface area (Å²) in [6.07, 6.45) is 3.71. The average molecular weight is 391 g/mol. The van der Waals surface area contributed by atoms with Gasteiger partial charge in [-0.1, -0.05) is 67.6 Å². The topological polar surface area (TPSA) is 63.7 Å². The molecule has 1 aliphatic heterocycles. The number of imide groups is 1. The number of carbonyl (C=O) groups is 3. The summed E-state index contributed by atoms with van der Waals surface area (Å²) in [5, 5.41) is 0.